The molecule has 0 unspecified atom stereocenters. The minimum absolute atomic E-state index is 0.677. The van der Waals surface area contributed by atoms with Gasteiger partial charge in [-0.25, -0.2) is 4.98 Å². The van der Waals surface area contributed by atoms with Crippen molar-refractivity contribution >= 4 is 16.5 Å². The molecular formula is C12H22N2O2S. The number of thiazole rings is 1. The van der Waals surface area contributed by atoms with Crippen molar-refractivity contribution in [3.8, 4) is 0 Å². The molecule has 0 atom stereocenters. The molecule has 0 saturated carbocycles. The van der Waals surface area contributed by atoms with E-state index >= 15 is 0 Å². The Hall–Kier alpha value is -0.650. The molecule has 0 spiro atoms. The second-order valence-corrected chi connectivity index (χ2v) is 5.10. The van der Waals surface area contributed by atoms with Crippen LogP contribution < -0.4 is 5.32 Å². The van der Waals surface area contributed by atoms with E-state index in [-0.39, 0.29) is 0 Å². The molecular weight excluding hydrogens is 236 g/mol. The second kappa shape index (κ2) is 8.44. The van der Waals surface area contributed by atoms with Crippen LogP contribution in [0.4, 0.5) is 5.13 Å². The highest BCUT2D eigenvalue weighted by atomic mass is 32.1. The molecule has 5 heteroatoms. The molecule has 1 N–H and O–H groups in total. The lowest BCUT2D eigenvalue weighted by molar-refractivity contribution is 0.0691. The highest BCUT2D eigenvalue weighted by Gasteiger charge is 2.01. The van der Waals surface area contributed by atoms with Gasteiger partial charge in [0, 0.05) is 25.1 Å². The quantitative estimate of drug-likeness (QED) is 0.691. The summed E-state index contributed by atoms with van der Waals surface area (Å²) in [4.78, 5) is 5.72. The van der Waals surface area contributed by atoms with Crippen molar-refractivity contribution in [2.75, 3.05) is 38.8 Å². The van der Waals surface area contributed by atoms with Crippen LogP contribution in [0.1, 0.15) is 23.4 Å². The molecule has 0 fully saturated rings. The highest BCUT2D eigenvalue weighted by Crippen LogP contribution is 2.20. The maximum Gasteiger partial charge on any atom is 0.183 e. The zero-order valence-electron chi connectivity index (χ0n) is 10.9. The first-order valence-corrected chi connectivity index (χ1v) is 6.80. The Bertz CT molecular complexity index is 296. The van der Waals surface area contributed by atoms with Crippen molar-refractivity contribution in [2.24, 2.45) is 0 Å². The molecule has 0 bridgehead atoms. The van der Waals surface area contributed by atoms with Gasteiger partial charge in [-0.1, -0.05) is 0 Å². The molecule has 0 aliphatic rings. The SMILES string of the molecule is COCCOCCCCNc1nc(C)c(C)s1. The number of aryl methyl sites for hydroxylation is 2. The summed E-state index contributed by atoms with van der Waals surface area (Å²) in [6.07, 6.45) is 2.17. The third kappa shape index (κ3) is 6.00. The van der Waals surface area contributed by atoms with Gasteiger partial charge in [0.2, 0.25) is 0 Å². The Morgan fingerprint density at radius 3 is 2.65 bits per heavy atom. The summed E-state index contributed by atoms with van der Waals surface area (Å²) in [5, 5.41) is 4.36. The summed E-state index contributed by atoms with van der Waals surface area (Å²) < 4.78 is 10.3. The average Bonchev–Trinajstić information content (AvgIpc) is 2.62. The van der Waals surface area contributed by atoms with Crippen LogP contribution in [-0.2, 0) is 9.47 Å². The molecule has 1 aromatic rings. The maximum absolute atomic E-state index is 5.38. The number of hydrogen-bond donors (Lipinski definition) is 1. The standard InChI is InChI=1S/C12H22N2O2S/c1-10-11(2)17-12(14-10)13-6-4-5-7-16-9-8-15-3/h4-9H2,1-3H3,(H,13,14). The Kier molecular flexibility index (Phi) is 7.16. The van der Waals surface area contributed by atoms with Crippen molar-refractivity contribution in [1.29, 1.82) is 0 Å². The van der Waals surface area contributed by atoms with Gasteiger partial charge in [0.25, 0.3) is 0 Å². The normalized spacial score (nSPS) is 10.8. The molecule has 1 rings (SSSR count). The van der Waals surface area contributed by atoms with Gasteiger partial charge >= 0.3 is 0 Å². The minimum atomic E-state index is 0.677. The summed E-state index contributed by atoms with van der Waals surface area (Å²) in [5.74, 6) is 0. The first-order valence-electron chi connectivity index (χ1n) is 5.98. The number of methoxy groups -OCH3 is 1. The lowest BCUT2D eigenvalue weighted by Crippen LogP contribution is -2.06. The van der Waals surface area contributed by atoms with Crippen LogP contribution in [0.15, 0.2) is 0 Å². The van der Waals surface area contributed by atoms with E-state index in [4.69, 9.17) is 9.47 Å². The van der Waals surface area contributed by atoms with Gasteiger partial charge in [-0.2, -0.15) is 0 Å². The number of anilines is 1. The van der Waals surface area contributed by atoms with Crippen molar-refractivity contribution in [3.05, 3.63) is 10.6 Å². The third-order valence-electron chi connectivity index (χ3n) is 2.45. The molecule has 98 valence electrons. The van der Waals surface area contributed by atoms with E-state index in [2.05, 4.69) is 17.2 Å². The zero-order valence-corrected chi connectivity index (χ0v) is 11.7. The van der Waals surface area contributed by atoms with Crippen molar-refractivity contribution in [3.63, 3.8) is 0 Å². The molecule has 0 aliphatic heterocycles. The Morgan fingerprint density at radius 2 is 2.00 bits per heavy atom. The summed E-state index contributed by atoms with van der Waals surface area (Å²) in [6, 6.07) is 0. The lowest BCUT2D eigenvalue weighted by atomic mass is 10.3. The fourth-order valence-corrected chi connectivity index (χ4v) is 2.16. The van der Waals surface area contributed by atoms with E-state index in [9.17, 15) is 0 Å². The molecule has 17 heavy (non-hydrogen) atoms. The molecule has 0 aliphatic carbocycles. The molecule has 4 nitrogen and oxygen atoms in total. The fraction of sp³-hybridized carbons (Fsp3) is 0.750. The first-order chi connectivity index (χ1) is 8.24. The highest BCUT2D eigenvalue weighted by molar-refractivity contribution is 7.15. The number of nitrogens with zero attached hydrogens (tertiary/aromatic N) is 1. The van der Waals surface area contributed by atoms with Crippen LogP contribution in [0.3, 0.4) is 0 Å². The van der Waals surface area contributed by atoms with Crippen LogP contribution in [0.5, 0.6) is 0 Å². The Balaban J connectivity index is 1.97. The number of nitrogens with one attached hydrogen (secondary N) is 1. The van der Waals surface area contributed by atoms with Crippen LogP contribution in [-0.4, -0.2) is 38.5 Å². The van der Waals surface area contributed by atoms with Crippen LogP contribution in [0.2, 0.25) is 0 Å². The van der Waals surface area contributed by atoms with Gasteiger partial charge in [0.15, 0.2) is 5.13 Å². The van der Waals surface area contributed by atoms with E-state index in [1.807, 2.05) is 6.92 Å². The number of ether oxygens (including phenoxy) is 2. The number of unbranched alkanes of at least 4 members (excludes halogenated alkanes) is 1. The number of rotatable bonds is 9. The largest absolute Gasteiger partial charge is 0.382 e. The first kappa shape index (κ1) is 14.4. The van der Waals surface area contributed by atoms with Gasteiger partial charge in [-0.05, 0) is 26.7 Å². The summed E-state index contributed by atoms with van der Waals surface area (Å²) in [5.41, 5.74) is 1.13. The Morgan fingerprint density at radius 1 is 1.18 bits per heavy atom. The molecule has 1 aromatic heterocycles. The molecule has 0 saturated heterocycles. The van der Waals surface area contributed by atoms with Crippen molar-refractivity contribution < 1.29 is 9.47 Å². The summed E-state index contributed by atoms with van der Waals surface area (Å²) >= 11 is 1.72. The maximum atomic E-state index is 5.38. The van der Waals surface area contributed by atoms with E-state index in [1.54, 1.807) is 18.4 Å². The van der Waals surface area contributed by atoms with Gasteiger partial charge in [0.05, 0.1) is 18.9 Å². The predicted octanol–water partition coefficient (Wildman–Crippen LogP) is 2.62. The summed E-state index contributed by atoms with van der Waals surface area (Å²) in [6.45, 7) is 7.27. The van der Waals surface area contributed by atoms with Gasteiger partial charge in [0.1, 0.15) is 0 Å². The third-order valence-corrected chi connectivity index (χ3v) is 3.48. The van der Waals surface area contributed by atoms with Gasteiger partial charge in [-0.3, -0.25) is 0 Å². The van der Waals surface area contributed by atoms with Crippen molar-refractivity contribution in [1.82, 2.24) is 4.98 Å². The average molecular weight is 258 g/mol. The van der Waals surface area contributed by atoms with Crippen molar-refractivity contribution in [2.45, 2.75) is 26.7 Å². The zero-order chi connectivity index (χ0) is 12.5. The topological polar surface area (TPSA) is 43.4 Å². The fourth-order valence-electron chi connectivity index (χ4n) is 1.32. The smallest absolute Gasteiger partial charge is 0.183 e. The molecule has 1 heterocycles. The molecule has 0 aromatic carbocycles. The van der Waals surface area contributed by atoms with E-state index in [0.29, 0.717) is 13.2 Å². The molecule has 0 radical (unpaired) electrons. The number of aromatic nitrogens is 1. The van der Waals surface area contributed by atoms with Crippen LogP contribution in [0, 0.1) is 13.8 Å². The van der Waals surface area contributed by atoms with Crippen LogP contribution in [0.25, 0.3) is 0 Å². The predicted molar refractivity (Wildman–Crippen MR) is 72.0 cm³/mol. The minimum Gasteiger partial charge on any atom is -0.382 e. The van der Waals surface area contributed by atoms with E-state index in [0.717, 1.165) is 36.8 Å². The lowest BCUT2D eigenvalue weighted by Gasteiger charge is -2.04. The van der Waals surface area contributed by atoms with E-state index < -0.39 is 0 Å². The monoisotopic (exact) mass is 258 g/mol. The summed E-state index contributed by atoms with van der Waals surface area (Å²) in [7, 11) is 1.69. The second-order valence-electron chi connectivity index (χ2n) is 3.90. The van der Waals surface area contributed by atoms with Gasteiger partial charge < -0.3 is 14.8 Å². The van der Waals surface area contributed by atoms with Crippen LogP contribution >= 0.6 is 11.3 Å². The van der Waals surface area contributed by atoms with E-state index in [1.165, 1.54) is 4.88 Å². The Labute approximate surface area is 107 Å². The number of hydrogen-bond acceptors (Lipinski definition) is 5. The molecule has 0 amide bonds. The van der Waals surface area contributed by atoms with Gasteiger partial charge in [-0.15, -0.1) is 11.3 Å².